The first kappa shape index (κ1) is 19.0. The summed E-state index contributed by atoms with van der Waals surface area (Å²) in [7, 11) is 0. The van der Waals surface area contributed by atoms with Crippen molar-refractivity contribution in [1.82, 2.24) is 4.67 Å². The third-order valence-electron chi connectivity index (χ3n) is 2.81. The Kier molecular flexibility index (Phi) is 7.94. The van der Waals surface area contributed by atoms with Crippen molar-refractivity contribution in [3.05, 3.63) is 0 Å². The largest absolute Gasteiger partial charge is 0.465 e. The molecule has 0 bridgehead atoms. The fourth-order valence-corrected chi connectivity index (χ4v) is 6.48. The van der Waals surface area contributed by atoms with Crippen LogP contribution in [0.5, 0.6) is 0 Å². The lowest BCUT2D eigenvalue weighted by atomic mass is 10.1. The Morgan fingerprint density at radius 3 is 2.77 bits per heavy atom. The molecule has 0 N–H and O–H groups in total. The van der Waals surface area contributed by atoms with Crippen molar-refractivity contribution in [2.45, 2.75) is 27.2 Å². The molecule has 0 fully saturated rings. The van der Waals surface area contributed by atoms with Crippen molar-refractivity contribution >= 4 is 29.9 Å². The van der Waals surface area contributed by atoms with Gasteiger partial charge in [0, 0.05) is 12.3 Å². The van der Waals surface area contributed by atoms with Crippen molar-refractivity contribution in [2.75, 3.05) is 32.1 Å². The lowest BCUT2D eigenvalue weighted by molar-refractivity contribution is -0.144. The summed E-state index contributed by atoms with van der Waals surface area (Å²) in [4.78, 5) is 16.1. The van der Waals surface area contributed by atoms with Crippen molar-refractivity contribution in [3.8, 4) is 6.07 Å². The Hall–Kier alpha value is -1.03. The van der Waals surface area contributed by atoms with E-state index in [2.05, 4.69) is 4.99 Å². The molecule has 0 amide bonds. The quantitative estimate of drug-likeness (QED) is 0.468. The van der Waals surface area contributed by atoms with E-state index in [1.165, 1.54) is 16.1 Å². The average molecular weight is 347 g/mol. The summed E-state index contributed by atoms with van der Waals surface area (Å²) >= 11 is 1.22. The Bertz CT molecular complexity index is 506. The summed E-state index contributed by atoms with van der Waals surface area (Å²) in [6, 6.07) is 1.90. The van der Waals surface area contributed by atoms with E-state index >= 15 is 0 Å². The van der Waals surface area contributed by atoms with Crippen LogP contribution in [0.1, 0.15) is 27.2 Å². The number of nitrogens with zero attached hydrogens (tertiary/aromatic N) is 3. The lowest BCUT2D eigenvalue weighted by Crippen LogP contribution is -2.35. The van der Waals surface area contributed by atoms with Gasteiger partial charge in [0.15, 0.2) is 0 Å². The molecule has 0 saturated carbocycles. The van der Waals surface area contributed by atoms with Crippen LogP contribution in [-0.2, 0) is 18.6 Å². The lowest BCUT2D eigenvalue weighted by Gasteiger charge is -2.29. The summed E-state index contributed by atoms with van der Waals surface area (Å²) in [6.07, 6.45) is 0.849. The fourth-order valence-electron chi connectivity index (χ4n) is 1.93. The fraction of sp³-hybridized carbons (Fsp3) is 0.769. The van der Waals surface area contributed by atoms with Gasteiger partial charge in [-0.25, -0.2) is 0 Å². The molecule has 0 aromatic heterocycles. The molecule has 0 aromatic carbocycles. The second-order valence-corrected chi connectivity index (χ2v) is 8.90. The molecular weight excluding hydrogens is 325 g/mol. The molecule has 0 aliphatic carbocycles. The minimum atomic E-state index is -3.21. The number of hydrogen-bond donors (Lipinski definition) is 0. The standard InChI is InChI=1S/C13H22N3O4PS/c1-4-9-22-21(18,20-6-3)16-8-7-15-12(16)11(10-14)13(17)19-5-2/h11H,4-9H2,1-3H3. The topological polar surface area (TPSA) is 92.0 Å². The molecule has 9 heteroatoms. The van der Waals surface area contributed by atoms with E-state index in [9.17, 15) is 14.6 Å². The van der Waals surface area contributed by atoms with Gasteiger partial charge in [-0.1, -0.05) is 6.92 Å². The van der Waals surface area contributed by atoms with E-state index in [-0.39, 0.29) is 19.0 Å². The van der Waals surface area contributed by atoms with E-state index in [1.54, 1.807) is 13.8 Å². The zero-order chi connectivity index (χ0) is 16.6. The number of ether oxygens (including phenoxy) is 1. The van der Waals surface area contributed by atoms with Gasteiger partial charge in [-0.3, -0.25) is 19.0 Å². The molecule has 2 unspecified atom stereocenters. The number of nitriles is 1. The van der Waals surface area contributed by atoms with Crippen LogP contribution in [0.3, 0.4) is 0 Å². The molecule has 1 aliphatic rings. The van der Waals surface area contributed by atoms with Gasteiger partial charge in [-0.15, -0.1) is 0 Å². The average Bonchev–Trinajstić information content (AvgIpc) is 2.96. The molecule has 0 saturated heterocycles. The van der Waals surface area contributed by atoms with Crippen LogP contribution in [0.4, 0.5) is 0 Å². The zero-order valence-corrected chi connectivity index (χ0v) is 14.9. The highest BCUT2D eigenvalue weighted by molar-refractivity contribution is 8.56. The first-order chi connectivity index (χ1) is 10.5. The summed E-state index contributed by atoms with van der Waals surface area (Å²) in [5.74, 6) is -0.975. The van der Waals surface area contributed by atoms with Gasteiger partial charge in [0.05, 0.1) is 25.8 Å². The number of esters is 1. The van der Waals surface area contributed by atoms with Crippen molar-refractivity contribution < 1.29 is 18.6 Å². The van der Waals surface area contributed by atoms with Crippen molar-refractivity contribution in [3.63, 3.8) is 0 Å². The predicted molar refractivity (Wildman–Crippen MR) is 86.7 cm³/mol. The Balaban J connectivity index is 3.02. The summed E-state index contributed by atoms with van der Waals surface area (Å²) in [5, 5.41) is 9.28. The SMILES string of the molecule is CCCSP(=O)(OCC)N1CCN=C1C(C#N)C(=O)OCC. The van der Waals surface area contributed by atoms with Crippen LogP contribution in [-0.4, -0.2) is 48.5 Å². The van der Waals surface area contributed by atoms with Crippen LogP contribution in [0.25, 0.3) is 0 Å². The first-order valence-electron chi connectivity index (χ1n) is 7.31. The summed E-state index contributed by atoms with van der Waals surface area (Å²) in [5.41, 5.74) is 0. The maximum Gasteiger partial charge on any atom is 0.354 e. The van der Waals surface area contributed by atoms with Gasteiger partial charge in [0.2, 0.25) is 5.92 Å². The maximum atomic E-state index is 13.1. The number of rotatable bonds is 9. The minimum Gasteiger partial charge on any atom is -0.465 e. The molecule has 22 heavy (non-hydrogen) atoms. The Labute approximate surface area is 135 Å². The van der Waals surface area contributed by atoms with Crippen LogP contribution in [0.2, 0.25) is 0 Å². The van der Waals surface area contributed by atoms with E-state index in [1.807, 2.05) is 13.0 Å². The monoisotopic (exact) mass is 347 g/mol. The maximum absolute atomic E-state index is 13.1. The zero-order valence-electron chi connectivity index (χ0n) is 13.2. The Morgan fingerprint density at radius 1 is 1.50 bits per heavy atom. The van der Waals surface area contributed by atoms with Crippen molar-refractivity contribution in [1.29, 1.82) is 5.26 Å². The number of carbonyl (C=O) groups excluding carboxylic acids is 1. The number of carbonyl (C=O) groups is 1. The van der Waals surface area contributed by atoms with Gasteiger partial charge in [0.1, 0.15) is 5.84 Å². The third kappa shape index (κ3) is 4.48. The molecule has 0 spiro atoms. The number of amidine groups is 1. The second-order valence-electron chi connectivity index (χ2n) is 4.40. The molecular formula is C13H22N3O4PS. The predicted octanol–water partition coefficient (Wildman–Crippen LogP) is 2.69. The Morgan fingerprint density at radius 2 is 2.23 bits per heavy atom. The van der Waals surface area contributed by atoms with Crippen LogP contribution >= 0.6 is 18.1 Å². The van der Waals surface area contributed by atoms with Crippen LogP contribution in [0.15, 0.2) is 4.99 Å². The third-order valence-corrected chi connectivity index (χ3v) is 7.74. The van der Waals surface area contributed by atoms with E-state index < -0.39 is 18.6 Å². The normalized spacial score (nSPS) is 18.3. The van der Waals surface area contributed by atoms with Gasteiger partial charge in [-0.2, -0.15) is 5.26 Å². The molecule has 1 rings (SSSR count). The smallest absolute Gasteiger partial charge is 0.354 e. The van der Waals surface area contributed by atoms with Gasteiger partial charge in [0.25, 0.3) is 0 Å². The van der Waals surface area contributed by atoms with E-state index in [0.29, 0.717) is 18.8 Å². The number of hydrogen-bond acceptors (Lipinski definition) is 7. The molecule has 0 aromatic rings. The van der Waals surface area contributed by atoms with Gasteiger partial charge in [-0.05, 0) is 31.7 Å². The minimum absolute atomic E-state index is 0.179. The number of aliphatic imine (C=N–C) groups is 1. The van der Waals surface area contributed by atoms with E-state index in [0.717, 1.165) is 6.42 Å². The van der Waals surface area contributed by atoms with Crippen molar-refractivity contribution in [2.24, 2.45) is 10.9 Å². The van der Waals surface area contributed by atoms with E-state index in [4.69, 9.17) is 9.26 Å². The molecule has 124 valence electrons. The van der Waals surface area contributed by atoms with Gasteiger partial charge < -0.3 is 9.26 Å². The summed E-state index contributed by atoms with van der Waals surface area (Å²) < 4.78 is 25.0. The summed E-state index contributed by atoms with van der Waals surface area (Å²) in [6.45, 7) is 3.44. The highest BCUT2D eigenvalue weighted by atomic mass is 32.7. The van der Waals surface area contributed by atoms with Crippen LogP contribution in [0, 0.1) is 17.2 Å². The highest BCUT2D eigenvalue weighted by Gasteiger charge is 2.42. The second kappa shape index (κ2) is 9.19. The molecule has 7 nitrogen and oxygen atoms in total. The highest BCUT2D eigenvalue weighted by Crippen LogP contribution is 2.63. The first-order valence-corrected chi connectivity index (χ1v) is 10.5. The molecule has 0 radical (unpaired) electrons. The molecule has 1 heterocycles. The van der Waals surface area contributed by atoms with Crippen LogP contribution < -0.4 is 0 Å². The van der Waals surface area contributed by atoms with Gasteiger partial charge >= 0.3 is 12.7 Å². The molecule has 1 aliphatic heterocycles. The molecule has 2 atom stereocenters.